The molecule has 0 bridgehead atoms. The minimum atomic E-state index is 0.664. The molecule has 106 valence electrons. The zero-order chi connectivity index (χ0) is 12.9. The molecule has 2 fully saturated rings. The van der Waals surface area contributed by atoms with E-state index in [1.807, 2.05) is 0 Å². The van der Waals surface area contributed by atoms with Crippen molar-refractivity contribution in [3.63, 3.8) is 0 Å². The van der Waals surface area contributed by atoms with Crippen molar-refractivity contribution >= 4 is 0 Å². The van der Waals surface area contributed by atoms with Crippen molar-refractivity contribution < 1.29 is 0 Å². The van der Waals surface area contributed by atoms with E-state index in [0.717, 1.165) is 19.0 Å². The summed E-state index contributed by atoms with van der Waals surface area (Å²) in [6.45, 7) is 2.09. The van der Waals surface area contributed by atoms with Crippen molar-refractivity contribution in [3.8, 4) is 0 Å². The number of nitrogens with one attached hydrogen (secondary N) is 1. The Morgan fingerprint density at radius 1 is 1.11 bits per heavy atom. The summed E-state index contributed by atoms with van der Waals surface area (Å²) in [5.74, 6) is 1.01. The summed E-state index contributed by atoms with van der Waals surface area (Å²) >= 11 is 0. The van der Waals surface area contributed by atoms with Gasteiger partial charge < -0.3 is 5.32 Å². The minimum Gasteiger partial charge on any atom is -0.311 e. The van der Waals surface area contributed by atoms with E-state index in [0.29, 0.717) is 6.04 Å². The van der Waals surface area contributed by atoms with Crippen LogP contribution in [-0.4, -0.2) is 16.3 Å². The Labute approximate surface area is 116 Å². The lowest BCUT2D eigenvalue weighted by Gasteiger charge is -2.25. The Morgan fingerprint density at radius 2 is 1.95 bits per heavy atom. The molecule has 1 aromatic heterocycles. The predicted molar refractivity (Wildman–Crippen MR) is 78.0 cm³/mol. The first-order valence-electron chi connectivity index (χ1n) is 8.16. The first-order valence-corrected chi connectivity index (χ1v) is 8.16. The summed E-state index contributed by atoms with van der Waals surface area (Å²) in [5.41, 5.74) is 1.21. The minimum absolute atomic E-state index is 0.664. The van der Waals surface area contributed by atoms with E-state index in [2.05, 4.69) is 22.3 Å². The van der Waals surface area contributed by atoms with Crippen LogP contribution in [-0.2, 0) is 6.54 Å². The number of rotatable bonds is 6. The molecule has 0 aliphatic heterocycles. The highest BCUT2D eigenvalue weighted by Crippen LogP contribution is 2.29. The average molecular weight is 261 g/mol. The molecule has 0 spiro atoms. The number of aromatic nitrogens is 2. The van der Waals surface area contributed by atoms with Gasteiger partial charge in [-0.2, -0.15) is 5.10 Å². The molecule has 2 saturated carbocycles. The van der Waals surface area contributed by atoms with Gasteiger partial charge >= 0.3 is 0 Å². The lowest BCUT2D eigenvalue weighted by Crippen LogP contribution is -2.21. The Kier molecular flexibility index (Phi) is 4.54. The lowest BCUT2D eigenvalue weighted by atomic mass is 9.83. The van der Waals surface area contributed by atoms with Gasteiger partial charge in [-0.25, -0.2) is 0 Å². The van der Waals surface area contributed by atoms with Gasteiger partial charge in [-0.15, -0.1) is 0 Å². The summed E-state index contributed by atoms with van der Waals surface area (Å²) in [6.07, 6.45) is 14.7. The molecule has 1 heterocycles. The molecule has 2 aliphatic rings. The molecule has 2 aliphatic carbocycles. The van der Waals surface area contributed by atoms with Crippen LogP contribution in [0.3, 0.4) is 0 Å². The van der Waals surface area contributed by atoms with Gasteiger partial charge in [-0.1, -0.05) is 38.5 Å². The second kappa shape index (κ2) is 6.56. The SMILES string of the molecule is c1cn(C2CCCCC2)nc1CNCCC1CCC1. The highest BCUT2D eigenvalue weighted by Gasteiger charge is 2.17. The van der Waals surface area contributed by atoms with Crippen LogP contribution < -0.4 is 5.32 Å². The fourth-order valence-electron chi connectivity index (χ4n) is 3.32. The van der Waals surface area contributed by atoms with E-state index in [4.69, 9.17) is 5.10 Å². The highest BCUT2D eigenvalue weighted by atomic mass is 15.3. The van der Waals surface area contributed by atoms with Crippen LogP contribution in [0.1, 0.15) is 69.5 Å². The van der Waals surface area contributed by atoms with Crippen LogP contribution in [0.2, 0.25) is 0 Å². The Bertz CT molecular complexity index is 375. The van der Waals surface area contributed by atoms with Gasteiger partial charge in [0.15, 0.2) is 0 Å². The maximum absolute atomic E-state index is 4.74. The highest BCUT2D eigenvalue weighted by molar-refractivity contribution is 4.99. The van der Waals surface area contributed by atoms with Crippen molar-refractivity contribution in [1.29, 1.82) is 0 Å². The van der Waals surface area contributed by atoms with Gasteiger partial charge in [0.25, 0.3) is 0 Å². The zero-order valence-electron chi connectivity index (χ0n) is 12.0. The smallest absolute Gasteiger partial charge is 0.0762 e. The standard InChI is InChI=1S/C16H27N3/c1-2-7-16(8-3-1)19-12-10-15(18-19)13-17-11-9-14-5-4-6-14/h10,12,14,16-17H,1-9,11,13H2. The van der Waals surface area contributed by atoms with Gasteiger partial charge in [0.1, 0.15) is 0 Å². The summed E-state index contributed by atoms with van der Waals surface area (Å²) in [5, 5.41) is 8.28. The van der Waals surface area contributed by atoms with Crippen molar-refractivity contribution in [2.45, 2.75) is 70.4 Å². The molecule has 1 N–H and O–H groups in total. The molecule has 0 saturated heterocycles. The lowest BCUT2D eigenvalue weighted by molar-refractivity contribution is 0.291. The third-order valence-corrected chi connectivity index (χ3v) is 4.87. The van der Waals surface area contributed by atoms with Gasteiger partial charge in [0.05, 0.1) is 11.7 Å². The van der Waals surface area contributed by atoms with E-state index in [-0.39, 0.29) is 0 Å². The summed E-state index contributed by atoms with van der Waals surface area (Å²) in [6, 6.07) is 2.85. The van der Waals surface area contributed by atoms with Crippen LogP contribution in [0.4, 0.5) is 0 Å². The predicted octanol–water partition coefficient (Wildman–Crippen LogP) is 3.67. The van der Waals surface area contributed by atoms with E-state index < -0.39 is 0 Å². The molecule has 0 aromatic carbocycles. The quantitative estimate of drug-likeness (QED) is 0.792. The molecule has 0 amide bonds. The molecular weight excluding hydrogens is 234 g/mol. The molecule has 0 unspecified atom stereocenters. The maximum Gasteiger partial charge on any atom is 0.0762 e. The van der Waals surface area contributed by atoms with Gasteiger partial charge in [0.2, 0.25) is 0 Å². The van der Waals surface area contributed by atoms with Crippen LogP contribution in [0.5, 0.6) is 0 Å². The molecule has 3 heteroatoms. The molecule has 3 nitrogen and oxygen atoms in total. The molecule has 1 aromatic rings. The molecule has 0 atom stereocenters. The topological polar surface area (TPSA) is 29.9 Å². The first kappa shape index (κ1) is 13.2. The molecule has 0 radical (unpaired) electrons. The third kappa shape index (κ3) is 3.59. The number of hydrogen-bond acceptors (Lipinski definition) is 2. The Morgan fingerprint density at radius 3 is 2.68 bits per heavy atom. The van der Waals surface area contributed by atoms with E-state index in [1.165, 1.54) is 63.5 Å². The third-order valence-electron chi connectivity index (χ3n) is 4.87. The fourth-order valence-corrected chi connectivity index (χ4v) is 3.32. The monoisotopic (exact) mass is 261 g/mol. The normalized spacial score (nSPS) is 21.5. The number of hydrogen-bond donors (Lipinski definition) is 1. The second-order valence-electron chi connectivity index (χ2n) is 6.34. The van der Waals surface area contributed by atoms with Crippen molar-refractivity contribution in [3.05, 3.63) is 18.0 Å². The fraction of sp³-hybridized carbons (Fsp3) is 0.812. The summed E-state index contributed by atoms with van der Waals surface area (Å²) in [4.78, 5) is 0. The van der Waals surface area contributed by atoms with Crippen LogP contribution >= 0.6 is 0 Å². The van der Waals surface area contributed by atoms with Gasteiger partial charge in [-0.05, 0) is 37.8 Å². The van der Waals surface area contributed by atoms with E-state index in [9.17, 15) is 0 Å². The molecule has 19 heavy (non-hydrogen) atoms. The zero-order valence-corrected chi connectivity index (χ0v) is 12.0. The first-order chi connectivity index (χ1) is 9.42. The second-order valence-corrected chi connectivity index (χ2v) is 6.34. The Hall–Kier alpha value is -0.830. The van der Waals surface area contributed by atoms with Crippen molar-refractivity contribution in [2.24, 2.45) is 5.92 Å². The van der Waals surface area contributed by atoms with Gasteiger partial charge in [0, 0.05) is 12.7 Å². The van der Waals surface area contributed by atoms with Crippen molar-refractivity contribution in [2.75, 3.05) is 6.54 Å². The number of nitrogens with zero attached hydrogens (tertiary/aromatic N) is 2. The van der Waals surface area contributed by atoms with E-state index in [1.54, 1.807) is 0 Å². The van der Waals surface area contributed by atoms with E-state index >= 15 is 0 Å². The van der Waals surface area contributed by atoms with Gasteiger partial charge in [-0.3, -0.25) is 4.68 Å². The Balaban J connectivity index is 1.39. The molecule has 3 rings (SSSR count). The van der Waals surface area contributed by atoms with Crippen LogP contribution in [0.25, 0.3) is 0 Å². The van der Waals surface area contributed by atoms with Crippen LogP contribution in [0.15, 0.2) is 12.3 Å². The van der Waals surface area contributed by atoms with Crippen LogP contribution in [0, 0.1) is 5.92 Å². The molecular formula is C16H27N3. The maximum atomic E-state index is 4.74. The average Bonchev–Trinajstić information content (AvgIpc) is 2.86. The van der Waals surface area contributed by atoms with Crippen molar-refractivity contribution in [1.82, 2.24) is 15.1 Å². The summed E-state index contributed by atoms with van der Waals surface area (Å²) < 4.78 is 2.21. The summed E-state index contributed by atoms with van der Waals surface area (Å²) in [7, 11) is 0. The largest absolute Gasteiger partial charge is 0.311 e.